The summed E-state index contributed by atoms with van der Waals surface area (Å²) < 4.78 is 0. The highest BCUT2D eigenvalue weighted by Crippen LogP contribution is 2.43. The van der Waals surface area contributed by atoms with Crippen molar-refractivity contribution < 1.29 is 9.59 Å². The Balaban J connectivity index is 1.24. The van der Waals surface area contributed by atoms with Crippen LogP contribution in [0.15, 0.2) is 24.3 Å². The highest BCUT2D eigenvalue weighted by molar-refractivity contribution is 5.76. The van der Waals surface area contributed by atoms with Gasteiger partial charge in [-0.3, -0.25) is 9.69 Å². The Morgan fingerprint density at radius 1 is 1.00 bits per heavy atom. The van der Waals surface area contributed by atoms with Crippen LogP contribution in [0, 0.1) is 24.7 Å². The van der Waals surface area contributed by atoms with Gasteiger partial charge in [0.15, 0.2) is 0 Å². The van der Waals surface area contributed by atoms with E-state index in [4.69, 9.17) is 0 Å². The summed E-state index contributed by atoms with van der Waals surface area (Å²) in [4.78, 5) is 30.7. The number of likely N-dealkylation sites (tertiary alicyclic amines) is 1. The first-order chi connectivity index (χ1) is 16.6. The molecule has 1 aromatic carbocycles. The SMILES string of the molecule is Cc1ccc(CNC(=O)N2C[C@@H]3CCCN4CCC[C@@H]([C@H]34)[C@H]2CCCC(=O)NCC2CC2)cc1. The summed E-state index contributed by atoms with van der Waals surface area (Å²) in [5, 5.41) is 6.33. The number of urea groups is 1. The largest absolute Gasteiger partial charge is 0.356 e. The Bertz CT molecular complexity index is 850. The molecule has 186 valence electrons. The zero-order valence-electron chi connectivity index (χ0n) is 20.8. The zero-order chi connectivity index (χ0) is 23.5. The van der Waals surface area contributed by atoms with Crippen LogP contribution >= 0.6 is 0 Å². The lowest BCUT2D eigenvalue weighted by atomic mass is 9.69. The second-order valence-electron chi connectivity index (χ2n) is 11.2. The second kappa shape index (κ2) is 10.7. The molecule has 0 unspecified atom stereocenters. The molecule has 1 aromatic rings. The smallest absolute Gasteiger partial charge is 0.317 e. The van der Waals surface area contributed by atoms with Crippen molar-refractivity contribution in [2.75, 3.05) is 26.2 Å². The minimum atomic E-state index is 0.0740. The van der Waals surface area contributed by atoms with E-state index in [2.05, 4.69) is 51.6 Å². The molecule has 1 saturated carbocycles. The third-order valence-electron chi connectivity index (χ3n) is 8.69. The van der Waals surface area contributed by atoms with Gasteiger partial charge in [-0.25, -0.2) is 4.79 Å². The van der Waals surface area contributed by atoms with Crippen molar-refractivity contribution in [2.45, 2.75) is 83.3 Å². The van der Waals surface area contributed by atoms with Crippen molar-refractivity contribution in [1.82, 2.24) is 20.4 Å². The number of carbonyl (C=O) groups excluding carboxylic acids is 2. The lowest BCUT2D eigenvalue weighted by Crippen LogP contribution is -2.66. The molecular formula is C28H42N4O2. The first-order valence-corrected chi connectivity index (χ1v) is 13.7. The first-order valence-electron chi connectivity index (χ1n) is 13.7. The number of nitrogens with zero attached hydrogens (tertiary/aromatic N) is 2. The molecule has 5 rings (SSSR count). The number of hydrogen-bond acceptors (Lipinski definition) is 3. The number of benzene rings is 1. The number of hydrogen-bond donors (Lipinski definition) is 2. The molecule has 2 N–H and O–H groups in total. The van der Waals surface area contributed by atoms with E-state index in [0.29, 0.717) is 36.8 Å². The highest BCUT2D eigenvalue weighted by Gasteiger charge is 2.49. The summed E-state index contributed by atoms with van der Waals surface area (Å²) in [6.07, 6.45) is 9.79. The average molecular weight is 467 g/mol. The van der Waals surface area contributed by atoms with Crippen LogP contribution in [0.1, 0.15) is 68.9 Å². The molecule has 3 aliphatic heterocycles. The van der Waals surface area contributed by atoms with Crippen LogP contribution in [0.3, 0.4) is 0 Å². The molecule has 6 nitrogen and oxygen atoms in total. The fourth-order valence-corrected chi connectivity index (χ4v) is 6.72. The molecule has 4 aliphatic rings. The minimum absolute atomic E-state index is 0.0740. The van der Waals surface area contributed by atoms with E-state index in [1.54, 1.807) is 0 Å². The van der Waals surface area contributed by atoms with Gasteiger partial charge in [-0.2, -0.15) is 0 Å². The van der Waals surface area contributed by atoms with Crippen LogP contribution in [0.2, 0.25) is 0 Å². The van der Waals surface area contributed by atoms with E-state index in [1.165, 1.54) is 57.2 Å². The number of amides is 3. The summed E-state index contributed by atoms with van der Waals surface area (Å²) in [5.74, 6) is 2.01. The molecule has 4 atom stereocenters. The quantitative estimate of drug-likeness (QED) is 0.607. The molecule has 0 spiro atoms. The number of piperidine rings is 3. The summed E-state index contributed by atoms with van der Waals surface area (Å²) in [5.41, 5.74) is 2.37. The van der Waals surface area contributed by atoms with Crippen LogP contribution in [-0.4, -0.2) is 60.0 Å². The van der Waals surface area contributed by atoms with Crippen LogP contribution in [-0.2, 0) is 11.3 Å². The van der Waals surface area contributed by atoms with Gasteiger partial charge in [0.2, 0.25) is 5.91 Å². The number of carbonyl (C=O) groups is 2. The molecule has 3 amide bonds. The van der Waals surface area contributed by atoms with Crippen molar-refractivity contribution in [3.8, 4) is 0 Å². The predicted octanol–water partition coefficient (Wildman–Crippen LogP) is 4.08. The van der Waals surface area contributed by atoms with Gasteiger partial charge in [0.1, 0.15) is 0 Å². The van der Waals surface area contributed by atoms with Gasteiger partial charge in [-0.15, -0.1) is 0 Å². The summed E-state index contributed by atoms with van der Waals surface area (Å²) in [7, 11) is 0. The maximum absolute atomic E-state index is 13.5. The summed E-state index contributed by atoms with van der Waals surface area (Å²) in [6.45, 7) is 6.78. The Hall–Kier alpha value is -2.08. The third-order valence-corrected chi connectivity index (χ3v) is 8.69. The van der Waals surface area contributed by atoms with E-state index in [9.17, 15) is 9.59 Å². The molecule has 0 aromatic heterocycles. The third kappa shape index (κ3) is 5.59. The Kier molecular flexibility index (Phi) is 7.43. The first kappa shape index (κ1) is 23.7. The summed E-state index contributed by atoms with van der Waals surface area (Å²) >= 11 is 0. The maximum atomic E-state index is 13.5. The molecule has 6 heteroatoms. The molecule has 0 radical (unpaired) electrons. The molecule has 0 bridgehead atoms. The number of rotatable bonds is 8. The van der Waals surface area contributed by atoms with E-state index in [1.807, 2.05) is 0 Å². The average Bonchev–Trinajstić information content (AvgIpc) is 3.68. The van der Waals surface area contributed by atoms with Gasteiger partial charge in [0.05, 0.1) is 0 Å². The predicted molar refractivity (Wildman–Crippen MR) is 134 cm³/mol. The van der Waals surface area contributed by atoms with Crippen molar-refractivity contribution in [3.05, 3.63) is 35.4 Å². The highest BCUT2D eigenvalue weighted by atomic mass is 16.2. The molecular weight excluding hydrogens is 424 g/mol. The fourth-order valence-electron chi connectivity index (χ4n) is 6.72. The van der Waals surface area contributed by atoms with E-state index in [-0.39, 0.29) is 18.0 Å². The zero-order valence-corrected chi connectivity index (χ0v) is 20.8. The van der Waals surface area contributed by atoms with E-state index < -0.39 is 0 Å². The maximum Gasteiger partial charge on any atom is 0.317 e. The van der Waals surface area contributed by atoms with E-state index >= 15 is 0 Å². The van der Waals surface area contributed by atoms with E-state index in [0.717, 1.165) is 31.5 Å². The van der Waals surface area contributed by atoms with Gasteiger partial charge in [0, 0.05) is 38.1 Å². The molecule has 4 fully saturated rings. The molecule has 3 heterocycles. The normalized spacial score (nSPS) is 28.8. The van der Waals surface area contributed by atoms with Crippen molar-refractivity contribution >= 4 is 11.9 Å². The molecule has 1 aliphatic carbocycles. The van der Waals surface area contributed by atoms with Crippen molar-refractivity contribution in [2.24, 2.45) is 17.8 Å². The minimum Gasteiger partial charge on any atom is -0.356 e. The lowest BCUT2D eigenvalue weighted by molar-refractivity contribution is -0.121. The van der Waals surface area contributed by atoms with Crippen LogP contribution in [0.5, 0.6) is 0 Å². The second-order valence-corrected chi connectivity index (χ2v) is 11.2. The number of aryl methyl sites for hydroxylation is 1. The lowest BCUT2D eigenvalue weighted by Gasteiger charge is -2.57. The van der Waals surface area contributed by atoms with Crippen LogP contribution < -0.4 is 10.6 Å². The van der Waals surface area contributed by atoms with Gasteiger partial charge in [-0.1, -0.05) is 29.8 Å². The van der Waals surface area contributed by atoms with Crippen LogP contribution in [0.25, 0.3) is 0 Å². The van der Waals surface area contributed by atoms with Gasteiger partial charge < -0.3 is 15.5 Å². The van der Waals surface area contributed by atoms with Crippen molar-refractivity contribution in [1.29, 1.82) is 0 Å². The standard InChI is InChI=1S/C28H42N4O2/c1-20-9-11-21(12-10-20)18-30-28(34)32-19-23-5-3-15-31-16-4-6-24(27(23)31)25(32)7-2-8-26(33)29-17-22-13-14-22/h9-12,22-25,27H,2-8,13-19H2,1H3,(H,29,33)(H,30,34)/t23-,24+,25+,27-/m0/s1. The topological polar surface area (TPSA) is 64.7 Å². The van der Waals surface area contributed by atoms with Gasteiger partial charge in [0.25, 0.3) is 0 Å². The van der Waals surface area contributed by atoms with Crippen molar-refractivity contribution in [3.63, 3.8) is 0 Å². The Morgan fingerprint density at radius 2 is 1.76 bits per heavy atom. The monoisotopic (exact) mass is 466 g/mol. The van der Waals surface area contributed by atoms with Gasteiger partial charge in [-0.05, 0) is 94.7 Å². The summed E-state index contributed by atoms with van der Waals surface area (Å²) in [6, 6.07) is 9.32. The number of nitrogens with one attached hydrogen (secondary N) is 2. The molecule has 3 saturated heterocycles. The Labute approximate surface area is 204 Å². The fraction of sp³-hybridized carbons (Fsp3) is 0.714. The van der Waals surface area contributed by atoms with Gasteiger partial charge >= 0.3 is 6.03 Å². The van der Waals surface area contributed by atoms with Crippen LogP contribution in [0.4, 0.5) is 4.79 Å². The Morgan fingerprint density at radius 3 is 2.53 bits per heavy atom. The molecule has 34 heavy (non-hydrogen) atoms.